The predicted octanol–water partition coefficient (Wildman–Crippen LogP) is 2.04. The van der Waals surface area contributed by atoms with Crippen molar-refractivity contribution in [2.45, 2.75) is 33.0 Å². The van der Waals surface area contributed by atoms with E-state index in [1.807, 2.05) is 24.1 Å². The molecule has 0 bridgehead atoms. The van der Waals surface area contributed by atoms with Crippen LogP contribution in [0.5, 0.6) is 0 Å². The first-order chi connectivity index (χ1) is 7.90. The lowest BCUT2D eigenvalue weighted by molar-refractivity contribution is 0.600. The van der Waals surface area contributed by atoms with E-state index in [1.165, 1.54) is 5.69 Å². The van der Waals surface area contributed by atoms with Crippen LogP contribution in [0, 0.1) is 0 Å². The van der Waals surface area contributed by atoms with Gasteiger partial charge in [-0.05, 0) is 6.42 Å². The first-order valence-corrected chi connectivity index (χ1v) is 6.36. The Bertz CT molecular complexity index is 407. The first-order valence-electron chi connectivity index (χ1n) is 5.48. The minimum atomic E-state index is 0.828. The van der Waals surface area contributed by atoms with Gasteiger partial charge in [0.15, 0.2) is 0 Å². The molecule has 0 aliphatic heterocycles. The Labute approximate surface area is 99.4 Å². The fourth-order valence-corrected chi connectivity index (χ4v) is 2.16. The van der Waals surface area contributed by atoms with Gasteiger partial charge in [-0.3, -0.25) is 0 Å². The van der Waals surface area contributed by atoms with Crippen LogP contribution in [-0.2, 0) is 19.6 Å². The fraction of sp³-hybridized carbons (Fsp3) is 0.455. The molecular formula is C11H16N4S. The van der Waals surface area contributed by atoms with Crippen molar-refractivity contribution in [3.05, 3.63) is 34.8 Å². The summed E-state index contributed by atoms with van der Waals surface area (Å²) in [5.41, 5.74) is 1.23. The Kier molecular flexibility index (Phi) is 4.07. The van der Waals surface area contributed by atoms with E-state index < -0.39 is 0 Å². The Balaban J connectivity index is 1.82. The largest absolute Gasteiger partial charge is 0.333 e. The van der Waals surface area contributed by atoms with Crippen molar-refractivity contribution < 1.29 is 0 Å². The Morgan fingerprint density at radius 1 is 1.44 bits per heavy atom. The number of aryl methyl sites for hydroxylation is 1. The lowest BCUT2D eigenvalue weighted by Crippen LogP contribution is -2.15. The number of nitrogens with zero attached hydrogens (tertiary/aromatic N) is 3. The summed E-state index contributed by atoms with van der Waals surface area (Å²) in [6.45, 7) is 4.88. The van der Waals surface area contributed by atoms with Gasteiger partial charge < -0.3 is 9.88 Å². The van der Waals surface area contributed by atoms with E-state index in [9.17, 15) is 0 Å². The van der Waals surface area contributed by atoms with Crippen LogP contribution in [0.1, 0.15) is 24.0 Å². The van der Waals surface area contributed by atoms with Crippen molar-refractivity contribution in [3.63, 3.8) is 0 Å². The summed E-state index contributed by atoms with van der Waals surface area (Å²) < 4.78 is 2.19. The molecule has 0 saturated heterocycles. The molecule has 16 heavy (non-hydrogen) atoms. The maximum absolute atomic E-state index is 4.23. The maximum Gasteiger partial charge on any atom is 0.106 e. The number of thiazole rings is 1. The number of nitrogens with one attached hydrogen (secondary N) is 1. The number of hydrogen-bond donors (Lipinski definition) is 1. The standard InChI is InChI=1S/C11H16N4S/c1-2-4-15-9-13-7-10(15)6-12-8-11-14-3-5-16-11/h3,5,7,9,12H,2,4,6,8H2,1H3. The normalized spacial score (nSPS) is 10.8. The molecule has 2 aromatic rings. The minimum absolute atomic E-state index is 0.828. The minimum Gasteiger partial charge on any atom is -0.333 e. The van der Waals surface area contributed by atoms with E-state index in [-0.39, 0.29) is 0 Å². The highest BCUT2D eigenvalue weighted by atomic mass is 32.1. The molecule has 0 saturated carbocycles. The fourth-order valence-electron chi connectivity index (χ4n) is 1.58. The molecule has 0 radical (unpaired) electrons. The summed E-state index contributed by atoms with van der Waals surface area (Å²) in [6, 6.07) is 0. The van der Waals surface area contributed by atoms with Crippen LogP contribution in [0.4, 0.5) is 0 Å². The van der Waals surface area contributed by atoms with Crippen molar-refractivity contribution in [3.8, 4) is 0 Å². The molecule has 2 heterocycles. The third-order valence-corrected chi connectivity index (χ3v) is 3.11. The van der Waals surface area contributed by atoms with Gasteiger partial charge >= 0.3 is 0 Å². The average Bonchev–Trinajstić information content (AvgIpc) is 2.91. The van der Waals surface area contributed by atoms with Crippen LogP contribution < -0.4 is 5.32 Å². The number of imidazole rings is 1. The monoisotopic (exact) mass is 236 g/mol. The predicted molar refractivity (Wildman–Crippen MR) is 65.2 cm³/mol. The van der Waals surface area contributed by atoms with Gasteiger partial charge in [0.2, 0.25) is 0 Å². The molecule has 86 valence electrons. The SMILES string of the molecule is CCCn1cncc1CNCc1nccs1. The first kappa shape index (κ1) is 11.3. The van der Waals surface area contributed by atoms with Crippen LogP contribution in [0.15, 0.2) is 24.1 Å². The molecule has 0 fully saturated rings. The van der Waals surface area contributed by atoms with Crippen LogP contribution in [-0.4, -0.2) is 14.5 Å². The molecular weight excluding hydrogens is 220 g/mol. The highest BCUT2D eigenvalue weighted by Gasteiger charge is 2.01. The summed E-state index contributed by atoms with van der Waals surface area (Å²) >= 11 is 1.68. The van der Waals surface area contributed by atoms with E-state index in [2.05, 4.69) is 26.8 Å². The zero-order valence-electron chi connectivity index (χ0n) is 9.39. The zero-order chi connectivity index (χ0) is 11.2. The molecule has 0 aliphatic rings. The number of hydrogen-bond acceptors (Lipinski definition) is 4. The second-order valence-electron chi connectivity index (χ2n) is 3.61. The van der Waals surface area contributed by atoms with Crippen LogP contribution in [0.2, 0.25) is 0 Å². The second-order valence-corrected chi connectivity index (χ2v) is 4.59. The summed E-state index contributed by atoms with van der Waals surface area (Å²) in [6.07, 6.45) is 6.78. The van der Waals surface area contributed by atoms with Gasteiger partial charge in [0.25, 0.3) is 0 Å². The van der Waals surface area contributed by atoms with E-state index in [0.717, 1.165) is 31.1 Å². The average molecular weight is 236 g/mol. The Morgan fingerprint density at radius 2 is 2.38 bits per heavy atom. The Hall–Kier alpha value is -1.20. The molecule has 4 nitrogen and oxygen atoms in total. The van der Waals surface area contributed by atoms with E-state index >= 15 is 0 Å². The number of rotatable bonds is 6. The number of aromatic nitrogens is 3. The quantitative estimate of drug-likeness (QED) is 0.834. The summed E-state index contributed by atoms with van der Waals surface area (Å²) in [5, 5.41) is 6.50. The van der Waals surface area contributed by atoms with Gasteiger partial charge in [-0.15, -0.1) is 11.3 Å². The van der Waals surface area contributed by atoms with Gasteiger partial charge in [0.05, 0.1) is 12.0 Å². The highest BCUT2D eigenvalue weighted by molar-refractivity contribution is 7.09. The molecule has 1 N–H and O–H groups in total. The summed E-state index contributed by atoms with van der Waals surface area (Å²) in [5.74, 6) is 0. The molecule has 5 heteroatoms. The third-order valence-electron chi connectivity index (χ3n) is 2.33. The van der Waals surface area contributed by atoms with Gasteiger partial charge in [-0.2, -0.15) is 0 Å². The van der Waals surface area contributed by atoms with E-state index in [0.29, 0.717) is 0 Å². The highest BCUT2D eigenvalue weighted by Crippen LogP contribution is 2.04. The molecule has 0 spiro atoms. The lowest BCUT2D eigenvalue weighted by atomic mass is 10.4. The third kappa shape index (κ3) is 2.90. The lowest BCUT2D eigenvalue weighted by Gasteiger charge is -2.06. The van der Waals surface area contributed by atoms with Gasteiger partial charge in [-0.25, -0.2) is 9.97 Å². The molecule has 0 atom stereocenters. The summed E-state index contributed by atoms with van der Waals surface area (Å²) in [4.78, 5) is 8.39. The molecule has 2 aromatic heterocycles. The van der Waals surface area contributed by atoms with Crippen molar-refractivity contribution in [1.29, 1.82) is 0 Å². The topological polar surface area (TPSA) is 42.7 Å². The van der Waals surface area contributed by atoms with Crippen LogP contribution in [0.3, 0.4) is 0 Å². The molecule has 2 rings (SSSR count). The summed E-state index contributed by atoms with van der Waals surface area (Å²) in [7, 11) is 0. The van der Waals surface area contributed by atoms with E-state index in [1.54, 1.807) is 11.3 Å². The zero-order valence-corrected chi connectivity index (χ0v) is 10.2. The Morgan fingerprint density at radius 3 is 3.12 bits per heavy atom. The molecule has 0 aliphatic carbocycles. The van der Waals surface area contributed by atoms with E-state index in [4.69, 9.17) is 0 Å². The van der Waals surface area contributed by atoms with Gasteiger partial charge in [0, 0.05) is 37.4 Å². The molecule has 0 amide bonds. The van der Waals surface area contributed by atoms with Gasteiger partial charge in [0.1, 0.15) is 5.01 Å². The van der Waals surface area contributed by atoms with Crippen LogP contribution in [0.25, 0.3) is 0 Å². The van der Waals surface area contributed by atoms with Crippen LogP contribution >= 0.6 is 11.3 Å². The molecule has 0 aromatic carbocycles. The maximum atomic E-state index is 4.23. The molecule has 0 unspecified atom stereocenters. The van der Waals surface area contributed by atoms with Crippen molar-refractivity contribution >= 4 is 11.3 Å². The second kappa shape index (κ2) is 5.77. The smallest absolute Gasteiger partial charge is 0.106 e. The van der Waals surface area contributed by atoms with Crippen molar-refractivity contribution in [2.75, 3.05) is 0 Å². The van der Waals surface area contributed by atoms with Gasteiger partial charge in [-0.1, -0.05) is 6.92 Å². The van der Waals surface area contributed by atoms with Crippen molar-refractivity contribution in [2.24, 2.45) is 0 Å². The van der Waals surface area contributed by atoms with Crippen molar-refractivity contribution in [1.82, 2.24) is 19.9 Å².